The van der Waals surface area contributed by atoms with Crippen molar-refractivity contribution in [1.82, 2.24) is 0 Å². The van der Waals surface area contributed by atoms with E-state index in [-0.39, 0.29) is 11.3 Å². The van der Waals surface area contributed by atoms with Crippen molar-refractivity contribution in [2.45, 2.75) is 6.92 Å². The molecular formula is C9H16O7S2. The molecule has 0 bridgehead atoms. The van der Waals surface area contributed by atoms with Crippen LogP contribution in [0.4, 0.5) is 0 Å². The van der Waals surface area contributed by atoms with Crippen LogP contribution in [-0.4, -0.2) is 38.6 Å². The van der Waals surface area contributed by atoms with Gasteiger partial charge in [0.25, 0.3) is 10.1 Å². The Labute approximate surface area is 109 Å². The second-order valence-corrected chi connectivity index (χ2v) is 4.88. The molecule has 106 valence electrons. The molecule has 0 aliphatic carbocycles. The Morgan fingerprint density at radius 3 is 1.67 bits per heavy atom. The highest BCUT2D eigenvalue weighted by Gasteiger charge is 1.90. The summed E-state index contributed by atoms with van der Waals surface area (Å²) in [7, 11) is -3.90. The first kappa shape index (κ1) is 21.9. The van der Waals surface area contributed by atoms with Crippen LogP contribution in [0.3, 0.4) is 0 Å². The quantitative estimate of drug-likeness (QED) is 0.306. The van der Waals surface area contributed by atoms with Crippen LogP contribution >= 0.6 is 0 Å². The fourth-order valence-corrected chi connectivity index (χ4v) is 0.302. The summed E-state index contributed by atoms with van der Waals surface area (Å²) in [5, 5.41) is 8.36. The molecular weight excluding hydrogens is 284 g/mol. The fraction of sp³-hybridized carbons (Fsp3) is 0.222. The molecule has 0 amide bonds. The average Bonchev–Trinajstić information content (AvgIpc) is 2.18. The van der Waals surface area contributed by atoms with Crippen molar-refractivity contribution >= 4 is 27.2 Å². The number of carboxylic acids is 1. The van der Waals surface area contributed by atoms with E-state index in [0.29, 0.717) is 5.41 Å². The van der Waals surface area contributed by atoms with E-state index in [9.17, 15) is 17.4 Å². The van der Waals surface area contributed by atoms with Crippen molar-refractivity contribution in [3.05, 3.63) is 36.8 Å². The molecule has 0 rings (SSSR count). The molecule has 1 atom stereocenters. The van der Waals surface area contributed by atoms with Gasteiger partial charge in [-0.25, -0.2) is 9.00 Å². The van der Waals surface area contributed by atoms with Crippen molar-refractivity contribution in [1.29, 1.82) is 0 Å². The smallest absolute Gasteiger partial charge is 0.330 e. The Morgan fingerprint density at radius 2 is 1.67 bits per heavy atom. The Hall–Kier alpha value is -1.29. The van der Waals surface area contributed by atoms with E-state index in [0.717, 1.165) is 0 Å². The summed E-state index contributed by atoms with van der Waals surface area (Å²) >= 11 is -1.68. The summed E-state index contributed by atoms with van der Waals surface area (Å²) in [4.78, 5) is 9.60. The molecule has 0 aliphatic rings. The Morgan fingerprint density at radius 1 is 1.39 bits per heavy atom. The van der Waals surface area contributed by atoms with Gasteiger partial charge in [0.2, 0.25) is 0 Å². The van der Waals surface area contributed by atoms with E-state index in [1.807, 2.05) is 0 Å². The van der Waals surface area contributed by atoms with Crippen LogP contribution in [0.1, 0.15) is 6.92 Å². The third-order valence-electron chi connectivity index (χ3n) is 0.836. The second-order valence-electron chi connectivity index (χ2n) is 2.54. The van der Waals surface area contributed by atoms with E-state index in [1.54, 1.807) is 0 Å². The third kappa shape index (κ3) is 36.4. The zero-order chi connectivity index (χ0) is 15.4. The van der Waals surface area contributed by atoms with Crippen LogP contribution in [0.5, 0.6) is 0 Å². The number of rotatable bonds is 4. The molecule has 1 unspecified atom stereocenters. The van der Waals surface area contributed by atoms with Gasteiger partial charge in [0.05, 0.1) is 11.2 Å². The molecule has 0 aromatic carbocycles. The van der Waals surface area contributed by atoms with Crippen LogP contribution in [0.2, 0.25) is 0 Å². The Balaban J connectivity index is -0.000000187. The Kier molecular flexibility index (Phi) is 14.8. The normalized spacial score (nSPS) is 10.6. The molecule has 0 fully saturated rings. The largest absolute Gasteiger partial charge is 0.478 e. The first-order chi connectivity index (χ1) is 7.97. The summed E-state index contributed by atoms with van der Waals surface area (Å²) in [5.74, 6) is -0.769. The van der Waals surface area contributed by atoms with Gasteiger partial charge in [-0.1, -0.05) is 19.2 Å². The first-order valence-electron chi connectivity index (χ1n) is 4.15. The fourth-order valence-electron chi connectivity index (χ4n) is 0.101. The highest BCUT2D eigenvalue weighted by Crippen LogP contribution is 1.81. The molecule has 7 nitrogen and oxygen atoms in total. The molecule has 0 radical (unpaired) electrons. The van der Waals surface area contributed by atoms with Crippen LogP contribution in [0, 0.1) is 0 Å². The zero-order valence-corrected chi connectivity index (χ0v) is 11.4. The number of carbonyl (C=O) groups is 1. The molecule has 0 aromatic rings. The number of hydrogen-bond acceptors (Lipinski definition) is 4. The molecule has 9 heteroatoms. The summed E-state index contributed by atoms with van der Waals surface area (Å²) in [6.07, 6.45) is 1.40. The van der Waals surface area contributed by atoms with E-state index >= 15 is 0 Å². The van der Waals surface area contributed by atoms with Crippen molar-refractivity contribution < 1.29 is 31.6 Å². The van der Waals surface area contributed by atoms with Gasteiger partial charge in [0, 0.05) is 5.57 Å². The van der Waals surface area contributed by atoms with E-state index in [2.05, 4.69) is 19.7 Å². The van der Waals surface area contributed by atoms with Gasteiger partial charge in [-0.05, 0) is 6.92 Å². The van der Waals surface area contributed by atoms with Crippen LogP contribution in [0.15, 0.2) is 36.8 Å². The standard InChI is InChI=1S/C4H6O2.C3H6O2S.C2H4O3S/c1-3(2)4(5)6;1-2-3-6(4)5;1-2-6(3,4)5/h1H2,2H3,(H,5,6);2H,1,3H2,(H,4,5);2H,1H2,(H,3,4,5). The minimum absolute atomic E-state index is 0.167. The molecule has 0 heterocycles. The molecule has 3 N–H and O–H groups in total. The minimum atomic E-state index is -3.90. The SMILES string of the molecule is C=C(C)C(=O)O.C=CCS(=O)O.C=CS(=O)(=O)O. The zero-order valence-electron chi connectivity index (χ0n) is 9.77. The molecule has 0 saturated carbocycles. The predicted molar refractivity (Wildman–Crippen MR) is 70.0 cm³/mol. The highest BCUT2D eigenvalue weighted by atomic mass is 32.2. The van der Waals surface area contributed by atoms with Crippen molar-refractivity contribution in [2.24, 2.45) is 0 Å². The van der Waals surface area contributed by atoms with Crippen LogP contribution in [0.25, 0.3) is 0 Å². The maximum Gasteiger partial charge on any atom is 0.330 e. The summed E-state index contributed by atoms with van der Waals surface area (Å²) in [5.41, 5.74) is 0.176. The molecule has 0 saturated heterocycles. The molecule has 0 aromatic heterocycles. The van der Waals surface area contributed by atoms with E-state index in [4.69, 9.17) is 14.2 Å². The van der Waals surface area contributed by atoms with E-state index < -0.39 is 27.2 Å². The van der Waals surface area contributed by atoms with Gasteiger partial charge in [0.15, 0.2) is 11.1 Å². The van der Waals surface area contributed by atoms with Crippen molar-refractivity contribution in [2.75, 3.05) is 5.75 Å². The first-order valence-corrected chi connectivity index (χ1v) is 6.92. The number of carboxylic acid groups (broad SMARTS) is 1. The predicted octanol–water partition coefficient (Wildman–Crippen LogP) is 1.06. The van der Waals surface area contributed by atoms with Crippen LogP contribution < -0.4 is 0 Å². The second kappa shape index (κ2) is 12.2. The monoisotopic (exact) mass is 300 g/mol. The third-order valence-corrected chi connectivity index (χ3v) is 1.78. The lowest BCUT2D eigenvalue weighted by Gasteiger charge is -1.79. The Bertz CT molecular complexity index is 385. The van der Waals surface area contributed by atoms with E-state index in [1.165, 1.54) is 13.0 Å². The maximum atomic E-state index is 9.64. The van der Waals surface area contributed by atoms with Gasteiger partial charge in [-0.3, -0.25) is 4.55 Å². The number of hydrogen-bond donors (Lipinski definition) is 3. The van der Waals surface area contributed by atoms with Crippen LogP contribution in [-0.2, 0) is 26.0 Å². The topological polar surface area (TPSA) is 129 Å². The molecule has 0 aliphatic heterocycles. The highest BCUT2D eigenvalue weighted by molar-refractivity contribution is 7.88. The van der Waals surface area contributed by atoms with Gasteiger partial charge in [0.1, 0.15) is 0 Å². The minimum Gasteiger partial charge on any atom is -0.478 e. The maximum absolute atomic E-state index is 9.64. The lowest BCUT2D eigenvalue weighted by molar-refractivity contribution is -0.132. The van der Waals surface area contributed by atoms with Gasteiger partial charge in [-0.2, -0.15) is 8.42 Å². The summed E-state index contributed by atoms with van der Waals surface area (Å²) in [6, 6.07) is 0. The summed E-state index contributed by atoms with van der Waals surface area (Å²) < 4.78 is 44.1. The average molecular weight is 300 g/mol. The number of aliphatic carboxylic acids is 1. The lowest BCUT2D eigenvalue weighted by Crippen LogP contribution is -1.92. The molecule has 0 spiro atoms. The lowest BCUT2D eigenvalue weighted by atomic mass is 10.4. The van der Waals surface area contributed by atoms with Crippen molar-refractivity contribution in [3.8, 4) is 0 Å². The molecule has 18 heavy (non-hydrogen) atoms. The van der Waals surface area contributed by atoms with Gasteiger partial charge >= 0.3 is 5.97 Å². The van der Waals surface area contributed by atoms with Gasteiger partial charge in [-0.15, -0.1) is 6.58 Å². The van der Waals surface area contributed by atoms with Crippen molar-refractivity contribution in [3.63, 3.8) is 0 Å². The summed E-state index contributed by atoms with van der Waals surface area (Å²) in [6.45, 7) is 10.6. The van der Waals surface area contributed by atoms with Gasteiger partial charge < -0.3 is 9.66 Å².